The van der Waals surface area contributed by atoms with E-state index in [4.69, 9.17) is 9.47 Å². The Kier molecular flexibility index (Phi) is 5.34. The number of hydrogen-bond donors (Lipinski definition) is 0. The van der Waals surface area contributed by atoms with Crippen LogP contribution in [-0.2, 0) is 14.3 Å². The van der Waals surface area contributed by atoms with Gasteiger partial charge in [-0.15, -0.1) is 0 Å². The van der Waals surface area contributed by atoms with Crippen LogP contribution in [0.4, 0.5) is 9.18 Å². The number of alkyl halides is 1. The van der Waals surface area contributed by atoms with Crippen LogP contribution in [0.5, 0.6) is 0 Å². The molecule has 0 aliphatic carbocycles. The third-order valence-corrected chi connectivity index (χ3v) is 2.38. The van der Waals surface area contributed by atoms with Crippen LogP contribution in [0.3, 0.4) is 0 Å². The molecule has 0 spiro atoms. The van der Waals surface area contributed by atoms with E-state index >= 15 is 0 Å². The molecule has 0 saturated carbocycles. The molecule has 0 aromatic rings. The Balaban J connectivity index is 2.86. The average Bonchev–Trinajstić information content (AvgIpc) is 2.66. The van der Waals surface area contributed by atoms with Crippen LogP contribution in [0.25, 0.3) is 0 Å². The van der Waals surface area contributed by atoms with Gasteiger partial charge >= 0.3 is 12.1 Å². The summed E-state index contributed by atoms with van der Waals surface area (Å²) in [6.07, 6.45) is -0.735. The fourth-order valence-corrected chi connectivity index (χ4v) is 1.66. The first-order chi connectivity index (χ1) is 9.23. The van der Waals surface area contributed by atoms with E-state index in [9.17, 15) is 14.0 Å². The molecule has 0 aromatic heterocycles. The Hall–Kier alpha value is -1.81. The van der Waals surface area contributed by atoms with Crippen LogP contribution in [-0.4, -0.2) is 41.9 Å². The van der Waals surface area contributed by atoms with E-state index in [1.54, 1.807) is 27.7 Å². The maximum absolute atomic E-state index is 13.4. The van der Waals surface area contributed by atoms with Gasteiger partial charge in [0.15, 0.2) is 0 Å². The maximum atomic E-state index is 13.4. The number of carbonyl (C=O) groups is 2. The van der Waals surface area contributed by atoms with E-state index in [0.717, 1.165) is 11.0 Å². The van der Waals surface area contributed by atoms with Crippen molar-refractivity contribution in [3.8, 4) is 0 Å². The number of ether oxygens (including phenoxy) is 2. The topological polar surface area (TPSA) is 55.8 Å². The molecule has 1 aliphatic heterocycles. The van der Waals surface area contributed by atoms with Crippen molar-refractivity contribution in [3.05, 3.63) is 17.5 Å². The third-order valence-electron chi connectivity index (χ3n) is 2.38. The number of hydrogen-bond acceptors (Lipinski definition) is 4. The number of carbonyl (C=O) groups excluding carboxylic acids is 2. The number of nitrogens with zero attached hydrogens (tertiary/aromatic N) is 1. The van der Waals surface area contributed by atoms with Crippen LogP contribution in [0, 0.1) is 0 Å². The minimum atomic E-state index is -1.18. The van der Waals surface area contributed by atoms with Gasteiger partial charge in [0.25, 0.3) is 0 Å². The quantitative estimate of drug-likeness (QED) is 0.444. The second-order valence-electron chi connectivity index (χ2n) is 5.38. The maximum Gasteiger partial charge on any atom is 0.415 e. The van der Waals surface area contributed by atoms with Gasteiger partial charge in [0.2, 0.25) is 0 Å². The van der Waals surface area contributed by atoms with Gasteiger partial charge in [0.1, 0.15) is 11.8 Å². The van der Waals surface area contributed by atoms with Crippen molar-refractivity contribution in [1.82, 2.24) is 4.90 Å². The number of amides is 1. The van der Waals surface area contributed by atoms with Crippen molar-refractivity contribution in [2.24, 2.45) is 0 Å². The average molecular weight is 285 g/mol. The number of esters is 1. The molecule has 1 atom stereocenters. The predicted octanol–water partition coefficient (Wildman–Crippen LogP) is 2.57. The third kappa shape index (κ3) is 5.05. The molecule has 0 N–H and O–H groups in total. The second kappa shape index (κ2) is 6.57. The fraction of sp³-hybridized carbons (Fsp3) is 0.643. The van der Waals surface area contributed by atoms with E-state index in [1.807, 2.05) is 0 Å². The molecule has 0 radical (unpaired) electrons. The Morgan fingerprint density at radius 1 is 1.50 bits per heavy atom. The summed E-state index contributed by atoms with van der Waals surface area (Å²) in [5.74, 6) is -0.577. The van der Waals surface area contributed by atoms with E-state index < -0.39 is 23.8 Å². The lowest BCUT2D eigenvalue weighted by atomic mass is 10.2. The molecule has 5 nitrogen and oxygen atoms in total. The number of likely N-dealkylation sites (tertiary alicyclic amines) is 1. The molecule has 1 rings (SSSR count). The van der Waals surface area contributed by atoms with Crippen LogP contribution in [0.2, 0.25) is 0 Å². The van der Waals surface area contributed by atoms with E-state index in [1.165, 1.54) is 0 Å². The molecular formula is C14H20FNO4. The minimum Gasteiger partial charge on any atom is -0.462 e. The van der Waals surface area contributed by atoms with Crippen molar-refractivity contribution in [1.29, 1.82) is 0 Å². The first kappa shape index (κ1) is 16.2. The highest BCUT2D eigenvalue weighted by molar-refractivity contribution is 5.82. The highest BCUT2D eigenvalue weighted by atomic mass is 19.1. The van der Waals surface area contributed by atoms with E-state index in [-0.39, 0.29) is 19.6 Å². The summed E-state index contributed by atoms with van der Waals surface area (Å²) in [6, 6.07) is 0. The monoisotopic (exact) mass is 285 g/mol. The molecule has 0 bridgehead atoms. The summed E-state index contributed by atoms with van der Waals surface area (Å²) in [5.41, 5.74) is 2.24. The molecule has 1 saturated heterocycles. The lowest BCUT2D eigenvalue weighted by Crippen LogP contribution is -2.34. The highest BCUT2D eigenvalue weighted by Crippen LogP contribution is 2.25. The molecule has 6 heteroatoms. The largest absolute Gasteiger partial charge is 0.462 e. The van der Waals surface area contributed by atoms with Gasteiger partial charge in [-0.05, 0) is 27.7 Å². The SMILES string of the molecule is CCOC(=O)C=C=C1C[C@H](F)CN1C(=O)OC(C)(C)C. The van der Waals surface area contributed by atoms with Crippen molar-refractivity contribution in [2.75, 3.05) is 13.2 Å². The summed E-state index contributed by atoms with van der Waals surface area (Å²) in [6.45, 7) is 7.02. The van der Waals surface area contributed by atoms with E-state index in [0.29, 0.717) is 5.70 Å². The zero-order chi connectivity index (χ0) is 15.3. The Bertz CT molecular complexity index is 447. The summed E-state index contributed by atoms with van der Waals surface area (Å²) in [5, 5.41) is 0. The summed E-state index contributed by atoms with van der Waals surface area (Å²) < 4.78 is 23.3. The Morgan fingerprint density at radius 2 is 2.15 bits per heavy atom. The summed E-state index contributed by atoms with van der Waals surface area (Å²) in [7, 11) is 0. The van der Waals surface area contributed by atoms with Gasteiger partial charge in [-0.3, -0.25) is 4.90 Å². The second-order valence-corrected chi connectivity index (χ2v) is 5.38. The molecule has 0 unspecified atom stereocenters. The van der Waals surface area contributed by atoms with Gasteiger partial charge in [0.05, 0.1) is 24.9 Å². The Labute approximate surface area is 118 Å². The zero-order valence-corrected chi connectivity index (χ0v) is 12.2. The smallest absolute Gasteiger partial charge is 0.415 e. The molecule has 0 aromatic carbocycles. The van der Waals surface area contributed by atoms with Gasteiger partial charge in [-0.2, -0.15) is 0 Å². The summed E-state index contributed by atoms with van der Waals surface area (Å²) >= 11 is 0. The van der Waals surface area contributed by atoms with Gasteiger partial charge < -0.3 is 9.47 Å². The molecule has 1 aliphatic rings. The van der Waals surface area contributed by atoms with Gasteiger partial charge in [0, 0.05) is 6.42 Å². The van der Waals surface area contributed by atoms with Gasteiger partial charge in [-0.25, -0.2) is 14.0 Å². The molecule has 1 fully saturated rings. The lowest BCUT2D eigenvalue weighted by molar-refractivity contribution is -0.137. The number of rotatable bonds is 2. The highest BCUT2D eigenvalue weighted by Gasteiger charge is 2.33. The normalized spacial score (nSPS) is 18.6. The standard InChI is InChI=1S/C14H20FNO4/c1-5-19-12(17)7-6-11-8-10(15)9-16(11)13(18)20-14(2,3)4/h7,10H,5,8-9H2,1-4H3/t6?,10-/m0/s1. The van der Waals surface area contributed by atoms with Crippen molar-refractivity contribution in [3.63, 3.8) is 0 Å². The molecule has 20 heavy (non-hydrogen) atoms. The molecule has 1 amide bonds. The zero-order valence-electron chi connectivity index (χ0n) is 12.2. The van der Waals surface area contributed by atoms with Crippen LogP contribution in [0.1, 0.15) is 34.1 Å². The first-order valence-corrected chi connectivity index (χ1v) is 6.50. The van der Waals surface area contributed by atoms with Crippen LogP contribution >= 0.6 is 0 Å². The van der Waals surface area contributed by atoms with Crippen LogP contribution < -0.4 is 0 Å². The minimum absolute atomic E-state index is 0.0230. The molecule has 112 valence electrons. The van der Waals surface area contributed by atoms with Crippen molar-refractivity contribution >= 4 is 12.1 Å². The molecular weight excluding hydrogens is 265 g/mol. The van der Waals surface area contributed by atoms with Crippen LogP contribution in [0.15, 0.2) is 17.5 Å². The van der Waals surface area contributed by atoms with E-state index in [2.05, 4.69) is 5.73 Å². The van der Waals surface area contributed by atoms with Gasteiger partial charge in [-0.1, -0.05) is 5.73 Å². The number of halogens is 1. The lowest BCUT2D eigenvalue weighted by Gasteiger charge is -2.24. The Morgan fingerprint density at radius 3 is 2.70 bits per heavy atom. The first-order valence-electron chi connectivity index (χ1n) is 6.50. The molecule has 1 heterocycles. The fourth-order valence-electron chi connectivity index (χ4n) is 1.66. The summed E-state index contributed by atoms with van der Waals surface area (Å²) in [4.78, 5) is 24.3. The van der Waals surface area contributed by atoms with Crippen molar-refractivity contribution < 1.29 is 23.5 Å². The van der Waals surface area contributed by atoms with Crippen molar-refractivity contribution in [2.45, 2.75) is 45.9 Å². The predicted molar refractivity (Wildman–Crippen MR) is 70.7 cm³/mol.